The van der Waals surface area contributed by atoms with Crippen molar-refractivity contribution < 1.29 is 14.3 Å². The summed E-state index contributed by atoms with van der Waals surface area (Å²) in [4.78, 5) is 23.4. The van der Waals surface area contributed by atoms with Crippen molar-refractivity contribution in [2.24, 2.45) is 0 Å². The molecule has 1 N–H and O–H groups in total. The number of carbonyl (C=O) groups excluding carboxylic acids is 2. The smallest absolute Gasteiger partial charge is 0.338 e. The summed E-state index contributed by atoms with van der Waals surface area (Å²) in [6.07, 6.45) is 0.844. The van der Waals surface area contributed by atoms with Crippen LogP contribution in [0.3, 0.4) is 0 Å². The number of carbonyl (C=O) groups is 2. The van der Waals surface area contributed by atoms with Gasteiger partial charge >= 0.3 is 5.97 Å². The zero-order valence-electron chi connectivity index (χ0n) is 11.9. The summed E-state index contributed by atoms with van der Waals surface area (Å²) in [6, 6.07) is 5.66. The normalized spacial score (nSPS) is 11.8. The highest BCUT2D eigenvalue weighted by molar-refractivity contribution is 5.92. The molecule has 0 aliphatic carbocycles. The second-order valence-electron chi connectivity index (χ2n) is 4.77. The Bertz CT molecular complexity index is 468. The van der Waals surface area contributed by atoms with E-state index in [1.165, 1.54) is 0 Å². The van der Waals surface area contributed by atoms with Crippen LogP contribution in [0.5, 0.6) is 0 Å². The van der Waals surface area contributed by atoms with Gasteiger partial charge in [-0.2, -0.15) is 0 Å². The Labute approximate surface area is 114 Å². The zero-order chi connectivity index (χ0) is 14.4. The number of benzene rings is 1. The lowest BCUT2D eigenvalue weighted by Crippen LogP contribution is -2.35. The molecule has 4 nitrogen and oxygen atoms in total. The van der Waals surface area contributed by atoms with Gasteiger partial charge < -0.3 is 10.1 Å². The number of hydrogen-bond acceptors (Lipinski definition) is 3. The Morgan fingerprint density at radius 2 is 2.00 bits per heavy atom. The fraction of sp³-hybridized carbons (Fsp3) is 0.467. The van der Waals surface area contributed by atoms with Crippen LogP contribution in [0.2, 0.25) is 0 Å². The average molecular weight is 263 g/mol. The van der Waals surface area contributed by atoms with Crippen LogP contribution >= 0.6 is 0 Å². The van der Waals surface area contributed by atoms with Gasteiger partial charge in [0, 0.05) is 6.04 Å². The van der Waals surface area contributed by atoms with Crippen molar-refractivity contribution >= 4 is 11.9 Å². The van der Waals surface area contributed by atoms with E-state index in [0.29, 0.717) is 5.56 Å². The summed E-state index contributed by atoms with van der Waals surface area (Å²) in [6.45, 7) is 7.40. The van der Waals surface area contributed by atoms with Crippen molar-refractivity contribution in [1.29, 1.82) is 0 Å². The van der Waals surface area contributed by atoms with Gasteiger partial charge in [-0.1, -0.05) is 24.6 Å². The first-order valence-electron chi connectivity index (χ1n) is 6.47. The molecule has 4 heteroatoms. The van der Waals surface area contributed by atoms with E-state index in [1.54, 1.807) is 6.07 Å². The third-order valence-corrected chi connectivity index (χ3v) is 2.97. The molecule has 0 radical (unpaired) electrons. The first-order valence-corrected chi connectivity index (χ1v) is 6.47. The molecule has 1 aromatic carbocycles. The maximum Gasteiger partial charge on any atom is 0.338 e. The summed E-state index contributed by atoms with van der Waals surface area (Å²) in [5, 5.41) is 2.75. The third-order valence-electron chi connectivity index (χ3n) is 2.97. The Hall–Kier alpha value is -1.84. The SMILES string of the molecule is CC[C@@H](C)NC(=O)COC(=O)c1cc(C)ccc1C. The van der Waals surface area contributed by atoms with Crippen LogP contribution in [0.1, 0.15) is 41.8 Å². The highest BCUT2D eigenvalue weighted by Crippen LogP contribution is 2.11. The van der Waals surface area contributed by atoms with Gasteiger partial charge in [0.15, 0.2) is 6.61 Å². The summed E-state index contributed by atoms with van der Waals surface area (Å²) < 4.78 is 5.02. The molecule has 1 amide bonds. The van der Waals surface area contributed by atoms with Gasteiger partial charge in [0.25, 0.3) is 5.91 Å². The summed E-state index contributed by atoms with van der Waals surface area (Å²) in [7, 11) is 0. The van der Waals surface area contributed by atoms with E-state index in [9.17, 15) is 9.59 Å². The molecule has 0 aromatic heterocycles. The monoisotopic (exact) mass is 263 g/mol. The lowest BCUT2D eigenvalue weighted by atomic mass is 10.1. The summed E-state index contributed by atoms with van der Waals surface area (Å²) >= 11 is 0. The highest BCUT2D eigenvalue weighted by atomic mass is 16.5. The predicted molar refractivity (Wildman–Crippen MR) is 74.1 cm³/mol. The minimum Gasteiger partial charge on any atom is -0.452 e. The molecule has 0 saturated heterocycles. The van der Waals surface area contributed by atoms with Gasteiger partial charge in [-0.15, -0.1) is 0 Å². The predicted octanol–water partition coefficient (Wildman–Crippen LogP) is 2.37. The number of nitrogens with one attached hydrogen (secondary N) is 1. The fourth-order valence-electron chi connectivity index (χ4n) is 1.58. The van der Waals surface area contributed by atoms with Gasteiger partial charge in [-0.05, 0) is 38.8 Å². The minimum absolute atomic E-state index is 0.0897. The van der Waals surface area contributed by atoms with Crippen LogP contribution in [-0.4, -0.2) is 24.5 Å². The molecule has 0 aliphatic heterocycles. The van der Waals surface area contributed by atoms with Crippen molar-refractivity contribution in [3.63, 3.8) is 0 Å². The molecule has 0 aliphatic rings. The quantitative estimate of drug-likeness (QED) is 0.830. The molecule has 1 rings (SSSR count). The molecule has 19 heavy (non-hydrogen) atoms. The van der Waals surface area contributed by atoms with Crippen LogP contribution < -0.4 is 5.32 Å². The lowest BCUT2D eigenvalue weighted by Gasteiger charge is -2.12. The second-order valence-corrected chi connectivity index (χ2v) is 4.77. The third kappa shape index (κ3) is 4.73. The summed E-state index contributed by atoms with van der Waals surface area (Å²) in [5.74, 6) is -0.728. The molecule has 0 heterocycles. The van der Waals surface area contributed by atoms with E-state index >= 15 is 0 Å². The van der Waals surface area contributed by atoms with Gasteiger partial charge in [0.2, 0.25) is 0 Å². The fourth-order valence-corrected chi connectivity index (χ4v) is 1.58. The lowest BCUT2D eigenvalue weighted by molar-refractivity contribution is -0.124. The van der Waals surface area contributed by atoms with E-state index < -0.39 is 5.97 Å². The Morgan fingerprint density at radius 3 is 2.63 bits per heavy atom. The summed E-state index contributed by atoms with van der Waals surface area (Å²) in [5.41, 5.74) is 2.34. The molecular formula is C15H21NO3. The topological polar surface area (TPSA) is 55.4 Å². The van der Waals surface area contributed by atoms with E-state index in [0.717, 1.165) is 17.5 Å². The van der Waals surface area contributed by atoms with Crippen LogP contribution in [0, 0.1) is 13.8 Å². The van der Waals surface area contributed by atoms with E-state index in [-0.39, 0.29) is 18.6 Å². The average Bonchev–Trinajstić information content (AvgIpc) is 2.38. The van der Waals surface area contributed by atoms with Gasteiger partial charge in [-0.3, -0.25) is 4.79 Å². The van der Waals surface area contributed by atoms with Gasteiger partial charge in [-0.25, -0.2) is 4.79 Å². The molecule has 0 spiro atoms. The van der Waals surface area contributed by atoms with Crippen LogP contribution in [0.25, 0.3) is 0 Å². The molecule has 0 saturated carbocycles. The Kier molecular flexibility index (Phi) is 5.55. The molecule has 104 valence electrons. The van der Waals surface area contributed by atoms with Crippen molar-refractivity contribution in [2.75, 3.05) is 6.61 Å². The molecule has 0 unspecified atom stereocenters. The molecule has 0 bridgehead atoms. The number of rotatable bonds is 5. The zero-order valence-corrected chi connectivity index (χ0v) is 11.9. The van der Waals surface area contributed by atoms with Crippen LogP contribution in [-0.2, 0) is 9.53 Å². The number of hydrogen-bond donors (Lipinski definition) is 1. The Morgan fingerprint density at radius 1 is 1.32 bits per heavy atom. The number of ether oxygens (including phenoxy) is 1. The molecule has 0 fully saturated rings. The second kappa shape index (κ2) is 6.92. The van der Waals surface area contributed by atoms with Crippen molar-refractivity contribution in [1.82, 2.24) is 5.32 Å². The Balaban J connectivity index is 2.56. The van der Waals surface area contributed by atoms with Crippen LogP contribution in [0.15, 0.2) is 18.2 Å². The number of esters is 1. The highest BCUT2D eigenvalue weighted by Gasteiger charge is 2.13. The van der Waals surface area contributed by atoms with E-state index in [4.69, 9.17) is 4.74 Å². The largest absolute Gasteiger partial charge is 0.452 e. The van der Waals surface area contributed by atoms with E-state index in [2.05, 4.69) is 5.32 Å². The molecule has 1 atom stereocenters. The maximum absolute atomic E-state index is 11.9. The van der Waals surface area contributed by atoms with Crippen LogP contribution in [0.4, 0.5) is 0 Å². The van der Waals surface area contributed by atoms with Crippen molar-refractivity contribution in [3.8, 4) is 0 Å². The van der Waals surface area contributed by atoms with Gasteiger partial charge in [0.1, 0.15) is 0 Å². The standard InChI is InChI=1S/C15H21NO3/c1-5-12(4)16-14(17)9-19-15(18)13-8-10(2)6-7-11(13)3/h6-8,12H,5,9H2,1-4H3,(H,16,17)/t12-/m1/s1. The first-order chi connectivity index (χ1) is 8.93. The number of aryl methyl sites for hydroxylation is 2. The molecule has 1 aromatic rings. The molecular weight excluding hydrogens is 242 g/mol. The maximum atomic E-state index is 11.9. The van der Waals surface area contributed by atoms with E-state index in [1.807, 2.05) is 39.8 Å². The minimum atomic E-state index is -0.458. The van der Waals surface area contributed by atoms with Gasteiger partial charge in [0.05, 0.1) is 5.56 Å². The first kappa shape index (κ1) is 15.2. The van der Waals surface area contributed by atoms with Crippen molar-refractivity contribution in [2.45, 2.75) is 40.2 Å². The van der Waals surface area contributed by atoms with Crippen molar-refractivity contribution in [3.05, 3.63) is 34.9 Å². The number of amides is 1.